The fourth-order valence-electron chi connectivity index (χ4n) is 1.43. The summed E-state index contributed by atoms with van der Waals surface area (Å²) in [6, 6.07) is 11.5. The van der Waals surface area contributed by atoms with Crippen molar-refractivity contribution in [2.45, 2.75) is 6.54 Å². The minimum Gasteiger partial charge on any atom is -0.348 e. The van der Waals surface area contributed by atoms with Crippen LogP contribution in [0.4, 0.5) is 0 Å². The molecule has 1 N–H and O–H groups in total. The number of nitrogens with zero attached hydrogens (tertiary/aromatic N) is 1. The van der Waals surface area contributed by atoms with Gasteiger partial charge in [0.15, 0.2) is 0 Å². The van der Waals surface area contributed by atoms with Crippen LogP contribution in [0, 0.1) is 0 Å². The van der Waals surface area contributed by atoms with Gasteiger partial charge in [0, 0.05) is 23.4 Å². The van der Waals surface area contributed by atoms with Gasteiger partial charge in [-0.05, 0) is 27.6 Å². The second-order valence-corrected chi connectivity index (χ2v) is 4.38. The Morgan fingerprint density at radius 2 is 2.00 bits per heavy atom. The van der Waals surface area contributed by atoms with Crippen molar-refractivity contribution >= 4 is 21.8 Å². The Bertz CT molecular complexity index is 514. The molecule has 0 aliphatic heterocycles. The Balaban J connectivity index is 2.01. The van der Waals surface area contributed by atoms with E-state index in [1.54, 1.807) is 18.5 Å². The summed E-state index contributed by atoms with van der Waals surface area (Å²) in [5.74, 6) is -0.108. The Kier molecular flexibility index (Phi) is 3.88. The number of carbonyl (C=O) groups is 1. The highest BCUT2D eigenvalue weighted by Gasteiger charge is 2.08. The average molecular weight is 291 g/mol. The monoisotopic (exact) mass is 290 g/mol. The lowest BCUT2D eigenvalue weighted by atomic mass is 10.2. The maximum atomic E-state index is 11.9. The van der Waals surface area contributed by atoms with Crippen molar-refractivity contribution in [1.29, 1.82) is 0 Å². The van der Waals surface area contributed by atoms with E-state index < -0.39 is 0 Å². The van der Waals surface area contributed by atoms with E-state index in [4.69, 9.17) is 0 Å². The maximum absolute atomic E-state index is 11.9. The van der Waals surface area contributed by atoms with Gasteiger partial charge in [0.05, 0.1) is 5.56 Å². The molecule has 1 amide bonds. The number of benzene rings is 1. The van der Waals surface area contributed by atoms with E-state index in [0.29, 0.717) is 16.6 Å². The van der Waals surface area contributed by atoms with Gasteiger partial charge in [0.25, 0.3) is 5.91 Å². The predicted octanol–water partition coefficient (Wildman–Crippen LogP) is 2.77. The van der Waals surface area contributed by atoms with Crippen LogP contribution < -0.4 is 5.32 Å². The first-order valence-electron chi connectivity index (χ1n) is 5.19. The number of halogens is 1. The maximum Gasteiger partial charge on any atom is 0.252 e. The number of nitrogens with one attached hydrogen (secondary N) is 1. The van der Waals surface area contributed by atoms with Crippen molar-refractivity contribution in [1.82, 2.24) is 10.3 Å². The summed E-state index contributed by atoms with van der Waals surface area (Å²) in [5, 5.41) is 2.86. The van der Waals surface area contributed by atoms with Gasteiger partial charge < -0.3 is 5.32 Å². The zero-order valence-electron chi connectivity index (χ0n) is 9.06. The number of aromatic nitrogens is 1. The van der Waals surface area contributed by atoms with Crippen LogP contribution in [-0.4, -0.2) is 10.9 Å². The van der Waals surface area contributed by atoms with Gasteiger partial charge in [0.2, 0.25) is 0 Å². The van der Waals surface area contributed by atoms with Gasteiger partial charge in [-0.2, -0.15) is 0 Å². The Morgan fingerprint density at radius 3 is 2.71 bits per heavy atom. The number of carbonyl (C=O) groups excluding carboxylic acids is 1. The quantitative estimate of drug-likeness (QED) is 0.944. The summed E-state index contributed by atoms with van der Waals surface area (Å²) in [4.78, 5) is 15.8. The standard InChI is InChI=1S/C13H11BrN2O/c14-12-9-15-7-6-11(12)13(17)16-8-10-4-2-1-3-5-10/h1-7,9H,8H2,(H,16,17). The first-order chi connectivity index (χ1) is 8.27. The van der Waals surface area contributed by atoms with Gasteiger partial charge in [-0.25, -0.2) is 0 Å². The third-order valence-corrected chi connectivity index (χ3v) is 2.94. The van der Waals surface area contributed by atoms with Crippen LogP contribution in [0.2, 0.25) is 0 Å². The number of hydrogen-bond acceptors (Lipinski definition) is 2. The molecule has 4 heteroatoms. The van der Waals surface area contributed by atoms with Crippen molar-refractivity contribution in [3.05, 3.63) is 64.4 Å². The second-order valence-electron chi connectivity index (χ2n) is 3.52. The zero-order chi connectivity index (χ0) is 12.1. The first kappa shape index (κ1) is 11.8. The summed E-state index contributed by atoms with van der Waals surface area (Å²) < 4.78 is 0.700. The van der Waals surface area contributed by atoms with Gasteiger partial charge in [-0.1, -0.05) is 30.3 Å². The third-order valence-electron chi connectivity index (χ3n) is 2.31. The molecule has 2 aromatic rings. The molecule has 0 saturated heterocycles. The van der Waals surface area contributed by atoms with E-state index >= 15 is 0 Å². The van der Waals surface area contributed by atoms with Crippen molar-refractivity contribution in [3.63, 3.8) is 0 Å². The number of pyridine rings is 1. The lowest BCUT2D eigenvalue weighted by molar-refractivity contribution is 0.0950. The van der Waals surface area contributed by atoms with Crippen LogP contribution in [0.15, 0.2) is 53.3 Å². The van der Waals surface area contributed by atoms with E-state index in [0.717, 1.165) is 5.56 Å². The SMILES string of the molecule is O=C(NCc1ccccc1)c1ccncc1Br. The number of rotatable bonds is 3. The molecule has 0 bridgehead atoms. The number of hydrogen-bond donors (Lipinski definition) is 1. The van der Waals surface area contributed by atoms with Crippen molar-refractivity contribution < 1.29 is 4.79 Å². The molecule has 0 aliphatic rings. The molecule has 1 aromatic heterocycles. The molecule has 0 spiro atoms. The van der Waals surface area contributed by atoms with E-state index in [2.05, 4.69) is 26.2 Å². The predicted molar refractivity (Wildman–Crippen MR) is 69.5 cm³/mol. The van der Waals surface area contributed by atoms with E-state index in [1.165, 1.54) is 0 Å². The van der Waals surface area contributed by atoms with Gasteiger partial charge >= 0.3 is 0 Å². The largest absolute Gasteiger partial charge is 0.348 e. The lowest BCUT2D eigenvalue weighted by Gasteiger charge is -2.06. The van der Waals surface area contributed by atoms with E-state index in [-0.39, 0.29) is 5.91 Å². The minimum absolute atomic E-state index is 0.108. The minimum atomic E-state index is -0.108. The number of amides is 1. The molecule has 0 aliphatic carbocycles. The summed E-state index contributed by atoms with van der Waals surface area (Å²) in [6.07, 6.45) is 3.21. The Morgan fingerprint density at radius 1 is 1.24 bits per heavy atom. The topological polar surface area (TPSA) is 42.0 Å². The highest BCUT2D eigenvalue weighted by molar-refractivity contribution is 9.10. The smallest absolute Gasteiger partial charge is 0.252 e. The van der Waals surface area contributed by atoms with Gasteiger partial charge in [-0.15, -0.1) is 0 Å². The fraction of sp³-hybridized carbons (Fsp3) is 0.0769. The van der Waals surface area contributed by atoms with Crippen LogP contribution >= 0.6 is 15.9 Å². The Hall–Kier alpha value is -1.68. The van der Waals surface area contributed by atoms with Crippen molar-refractivity contribution in [3.8, 4) is 0 Å². The van der Waals surface area contributed by atoms with E-state index in [9.17, 15) is 4.79 Å². The highest BCUT2D eigenvalue weighted by atomic mass is 79.9. The van der Waals surface area contributed by atoms with Crippen LogP contribution in [0.1, 0.15) is 15.9 Å². The van der Waals surface area contributed by atoms with Crippen molar-refractivity contribution in [2.75, 3.05) is 0 Å². The van der Waals surface area contributed by atoms with Crippen LogP contribution in [0.5, 0.6) is 0 Å². The summed E-state index contributed by atoms with van der Waals surface area (Å²) in [6.45, 7) is 0.522. The Labute approximate surface area is 108 Å². The highest BCUT2D eigenvalue weighted by Crippen LogP contribution is 2.14. The summed E-state index contributed by atoms with van der Waals surface area (Å²) in [7, 11) is 0. The first-order valence-corrected chi connectivity index (χ1v) is 5.98. The molecule has 0 radical (unpaired) electrons. The normalized spacial score (nSPS) is 9.94. The van der Waals surface area contributed by atoms with Gasteiger partial charge in [-0.3, -0.25) is 9.78 Å². The van der Waals surface area contributed by atoms with Crippen LogP contribution in [0.3, 0.4) is 0 Å². The molecular formula is C13H11BrN2O. The molecule has 0 saturated carbocycles. The fourth-order valence-corrected chi connectivity index (χ4v) is 1.86. The summed E-state index contributed by atoms with van der Waals surface area (Å²) in [5.41, 5.74) is 1.67. The molecule has 1 aromatic carbocycles. The van der Waals surface area contributed by atoms with Gasteiger partial charge in [0.1, 0.15) is 0 Å². The lowest BCUT2D eigenvalue weighted by Crippen LogP contribution is -2.23. The summed E-state index contributed by atoms with van der Waals surface area (Å²) >= 11 is 3.30. The molecule has 86 valence electrons. The average Bonchev–Trinajstić information content (AvgIpc) is 2.38. The molecule has 1 heterocycles. The molecular weight excluding hydrogens is 280 g/mol. The zero-order valence-corrected chi connectivity index (χ0v) is 10.6. The van der Waals surface area contributed by atoms with Crippen molar-refractivity contribution in [2.24, 2.45) is 0 Å². The van der Waals surface area contributed by atoms with Crippen LogP contribution in [-0.2, 0) is 6.54 Å². The molecule has 17 heavy (non-hydrogen) atoms. The molecule has 0 atom stereocenters. The molecule has 0 fully saturated rings. The van der Waals surface area contributed by atoms with E-state index in [1.807, 2.05) is 30.3 Å². The molecule has 0 unspecified atom stereocenters. The molecule has 2 rings (SSSR count). The molecule has 3 nitrogen and oxygen atoms in total. The third kappa shape index (κ3) is 3.14. The van der Waals surface area contributed by atoms with Crippen LogP contribution in [0.25, 0.3) is 0 Å². The second kappa shape index (κ2) is 5.59.